The highest BCUT2D eigenvalue weighted by Gasteiger charge is 2.83. The molecule has 0 heterocycles. The van der Waals surface area contributed by atoms with Crippen LogP contribution in [0, 0.1) is 74.4 Å². The fraction of sp³-hybridized carbons (Fsp3) is 1.00. The Kier molecular flexibility index (Phi) is 2.77. The zero-order chi connectivity index (χ0) is 18.5. The molecule has 0 aromatic carbocycles. The Bertz CT molecular complexity index is 638. The van der Waals surface area contributed by atoms with Crippen LogP contribution in [-0.2, 0) is 0 Å². The van der Waals surface area contributed by atoms with Crippen LogP contribution in [0.15, 0.2) is 0 Å². The van der Waals surface area contributed by atoms with Crippen LogP contribution in [0.4, 0.5) is 0 Å². The van der Waals surface area contributed by atoms with E-state index in [0.717, 1.165) is 47.3 Å². The fourth-order valence-electron chi connectivity index (χ4n) is 11.0. The van der Waals surface area contributed by atoms with E-state index in [4.69, 9.17) is 0 Å². The average Bonchev–Trinajstić information content (AvgIpc) is 3.15. The van der Waals surface area contributed by atoms with Crippen LogP contribution in [0.2, 0.25) is 0 Å². The van der Waals surface area contributed by atoms with Gasteiger partial charge in [0.15, 0.2) is 0 Å². The summed E-state index contributed by atoms with van der Waals surface area (Å²) in [7, 11) is 0. The maximum absolute atomic E-state index is 2.73. The second kappa shape index (κ2) is 4.05. The van der Waals surface area contributed by atoms with E-state index in [2.05, 4.69) is 69.2 Å². The Morgan fingerprint density at radius 2 is 1.12 bits per heavy atom. The second-order valence-electron chi connectivity index (χ2n) is 13.3. The van der Waals surface area contributed by atoms with Crippen LogP contribution < -0.4 is 0 Å². The van der Waals surface area contributed by atoms with Crippen molar-refractivity contribution in [2.75, 3.05) is 0 Å². The minimum Gasteiger partial charge on any atom is -0.0617 e. The van der Waals surface area contributed by atoms with Crippen LogP contribution in [0.1, 0.15) is 82.1 Å². The zero-order valence-corrected chi connectivity index (χ0v) is 18.5. The van der Waals surface area contributed by atoms with Gasteiger partial charge in [-0.05, 0) is 87.3 Å². The molecule has 5 aliphatic rings. The monoisotopic (exact) mass is 342 g/mol. The van der Waals surface area contributed by atoms with Crippen LogP contribution in [0.25, 0.3) is 0 Å². The molecular formula is C25H42. The highest BCUT2D eigenvalue weighted by atomic mass is 14.9. The van der Waals surface area contributed by atoms with Crippen LogP contribution in [-0.4, -0.2) is 0 Å². The van der Waals surface area contributed by atoms with Gasteiger partial charge in [0.1, 0.15) is 0 Å². The van der Waals surface area contributed by atoms with E-state index in [9.17, 15) is 0 Å². The summed E-state index contributed by atoms with van der Waals surface area (Å²) in [4.78, 5) is 0. The predicted molar refractivity (Wildman–Crippen MR) is 106 cm³/mol. The van der Waals surface area contributed by atoms with Gasteiger partial charge < -0.3 is 0 Å². The molecule has 142 valence electrons. The molecule has 0 radical (unpaired) electrons. The Balaban J connectivity index is 1.67. The highest BCUT2D eigenvalue weighted by Crippen LogP contribution is 2.88. The number of hydrogen-bond acceptors (Lipinski definition) is 0. The lowest BCUT2D eigenvalue weighted by Crippen LogP contribution is -2.49. The van der Waals surface area contributed by atoms with E-state index >= 15 is 0 Å². The van der Waals surface area contributed by atoms with E-state index in [1.807, 2.05) is 0 Å². The highest BCUT2D eigenvalue weighted by molar-refractivity contribution is 5.30. The van der Waals surface area contributed by atoms with E-state index in [0.29, 0.717) is 27.1 Å². The van der Waals surface area contributed by atoms with Gasteiger partial charge in [-0.15, -0.1) is 0 Å². The Hall–Kier alpha value is 0. The number of hydrogen-bond donors (Lipinski definition) is 0. The SMILES string of the molecule is CC1C(C)C2(C)C3C4C(CC3C1(C)C2(C)C)C1CC4C(C)(C)C1(C)C. The summed E-state index contributed by atoms with van der Waals surface area (Å²) in [6.45, 7) is 26.4. The molecule has 0 amide bonds. The molecule has 5 fully saturated rings. The van der Waals surface area contributed by atoms with Crippen molar-refractivity contribution in [1.82, 2.24) is 0 Å². The summed E-state index contributed by atoms with van der Waals surface area (Å²) in [5, 5.41) is 0. The summed E-state index contributed by atoms with van der Waals surface area (Å²) in [6.07, 6.45) is 3.10. The predicted octanol–water partition coefficient (Wildman–Crippen LogP) is 6.90. The van der Waals surface area contributed by atoms with Gasteiger partial charge in [-0.1, -0.05) is 69.2 Å². The number of fused-ring (bicyclic) bond motifs is 11. The van der Waals surface area contributed by atoms with Gasteiger partial charge in [-0.25, -0.2) is 0 Å². The third-order valence-electron chi connectivity index (χ3n) is 13.7. The van der Waals surface area contributed by atoms with Gasteiger partial charge in [0.2, 0.25) is 0 Å². The first-order valence-corrected chi connectivity index (χ1v) is 11.3. The minimum absolute atomic E-state index is 0.487. The summed E-state index contributed by atoms with van der Waals surface area (Å²) in [5.41, 5.74) is 2.62. The molecule has 5 aliphatic carbocycles. The van der Waals surface area contributed by atoms with Crippen molar-refractivity contribution in [1.29, 1.82) is 0 Å². The van der Waals surface area contributed by atoms with Crippen LogP contribution in [0.3, 0.4) is 0 Å². The second-order valence-corrected chi connectivity index (χ2v) is 13.3. The van der Waals surface area contributed by atoms with Gasteiger partial charge in [-0.3, -0.25) is 0 Å². The topological polar surface area (TPSA) is 0 Å². The molecule has 0 aromatic heterocycles. The molecule has 0 spiro atoms. The van der Waals surface area contributed by atoms with E-state index in [1.165, 1.54) is 6.42 Å². The van der Waals surface area contributed by atoms with Crippen LogP contribution in [0.5, 0.6) is 0 Å². The molecular weight excluding hydrogens is 300 g/mol. The molecule has 4 bridgehead atoms. The van der Waals surface area contributed by atoms with Crippen molar-refractivity contribution in [3.8, 4) is 0 Å². The molecule has 10 unspecified atom stereocenters. The largest absolute Gasteiger partial charge is 0.0617 e. The maximum Gasteiger partial charge on any atom is -0.0207 e. The van der Waals surface area contributed by atoms with Gasteiger partial charge in [-0.2, -0.15) is 0 Å². The Labute approximate surface area is 156 Å². The normalized spacial score (nSPS) is 64.6. The summed E-state index contributed by atoms with van der Waals surface area (Å²) >= 11 is 0. The van der Waals surface area contributed by atoms with Crippen molar-refractivity contribution in [3.05, 3.63) is 0 Å². The third kappa shape index (κ3) is 1.29. The summed E-state index contributed by atoms with van der Waals surface area (Å²) in [6, 6.07) is 0. The first kappa shape index (κ1) is 17.1. The smallest absolute Gasteiger partial charge is 0.0207 e. The molecule has 5 saturated carbocycles. The molecule has 25 heavy (non-hydrogen) atoms. The van der Waals surface area contributed by atoms with Gasteiger partial charge in [0, 0.05) is 0 Å². The van der Waals surface area contributed by atoms with E-state index < -0.39 is 0 Å². The molecule has 5 rings (SSSR count). The lowest BCUT2D eigenvalue weighted by Gasteiger charge is -2.54. The Morgan fingerprint density at radius 1 is 0.600 bits per heavy atom. The van der Waals surface area contributed by atoms with Gasteiger partial charge in [0.25, 0.3) is 0 Å². The lowest BCUT2D eigenvalue weighted by atomic mass is 9.50. The molecule has 0 saturated heterocycles. The first-order chi connectivity index (χ1) is 11.3. The van der Waals surface area contributed by atoms with Crippen LogP contribution >= 0.6 is 0 Å². The maximum atomic E-state index is 2.73. The van der Waals surface area contributed by atoms with E-state index in [-0.39, 0.29) is 0 Å². The molecule has 10 atom stereocenters. The Morgan fingerprint density at radius 3 is 1.72 bits per heavy atom. The van der Waals surface area contributed by atoms with Gasteiger partial charge in [0.05, 0.1) is 0 Å². The van der Waals surface area contributed by atoms with Crippen molar-refractivity contribution >= 4 is 0 Å². The van der Waals surface area contributed by atoms with Crippen molar-refractivity contribution in [3.63, 3.8) is 0 Å². The standard InChI is InChI=1S/C25H42/c1-13-14(2)25(10)20-18(24(13,9)23(25,7)8)11-15-16-12-17(19(15)20)22(5,6)21(16,3)4/h13-20H,11-12H2,1-10H3. The van der Waals surface area contributed by atoms with Crippen molar-refractivity contribution in [2.24, 2.45) is 74.4 Å². The zero-order valence-electron chi connectivity index (χ0n) is 18.5. The third-order valence-corrected chi connectivity index (χ3v) is 13.7. The van der Waals surface area contributed by atoms with Crippen molar-refractivity contribution < 1.29 is 0 Å². The quantitative estimate of drug-likeness (QED) is 0.449. The van der Waals surface area contributed by atoms with Gasteiger partial charge >= 0.3 is 0 Å². The molecule has 0 aliphatic heterocycles. The van der Waals surface area contributed by atoms with Crippen molar-refractivity contribution in [2.45, 2.75) is 82.1 Å². The summed E-state index contributed by atoms with van der Waals surface area (Å²) < 4.78 is 0. The lowest BCUT2D eigenvalue weighted by molar-refractivity contribution is -0.0702. The summed E-state index contributed by atoms with van der Waals surface area (Å²) in [5.74, 6) is 7.77. The molecule has 0 nitrogen and oxygen atoms in total. The number of rotatable bonds is 0. The average molecular weight is 343 g/mol. The van der Waals surface area contributed by atoms with E-state index in [1.54, 1.807) is 6.42 Å². The molecule has 0 heteroatoms. The minimum atomic E-state index is 0.487. The first-order valence-electron chi connectivity index (χ1n) is 11.3. The fourth-order valence-corrected chi connectivity index (χ4v) is 11.0. The molecule has 0 N–H and O–H groups in total. The molecule has 0 aromatic rings.